The fourth-order valence-electron chi connectivity index (χ4n) is 4.66. The predicted octanol–water partition coefficient (Wildman–Crippen LogP) is 4.22. The molecule has 0 aromatic heterocycles. The normalized spacial score (nSPS) is 23.7. The number of halogens is 1. The van der Waals surface area contributed by atoms with Gasteiger partial charge in [0, 0.05) is 45.8 Å². The van der Waals surface area contributed by atoms with Crippen LogP contribution in [0.3, 0.4) is 0 Å². The van der Waals surface area contributed by atoms with Gasteiger partial charge in [0.25, 0.3) is 0 Å². The van der Waals surface area contributed by atoms with Gasteiger partial charge in [-0.2, -0.15) is 0 Å². The van der Waals surface area contributed by atoms with Crippen molar-refractivity contribution in [1.82, 2.24) is 14.7 Å². The van der Waals surface area contributed by atoms with Crippen LogP contribution in [0.4, 0.5) is 4.39 Å². The van der Waals surface area contributed by atoms with E-state index in [1.807, 2.05) is 18.2 Å². The van der Waals surface area contributed by atoms with E-state index in [0.717, 1.165) is 64.2 Å². The van der Waals surface area contributed by atoms with E-state index in [1.54, 1.807) is 0 Å². The van der Waals surface area contributed by atoms with Gasteiger partial charge in [-0.15, -0.1) is 6.58 Å². The fraction of sp³-hybridized carbons (Fsp3) is 0.462. The molecule has 166 valence electrons. The Balaban J connectivity index is 1.40. The van der Waals surface area contributed by atoms with Crippen molar-refractivity contribution in [3.05, 3.63) is 83.7 Å². The summed E-state index contributed by atoms with van der Waals surface area (Å²) >= 11 is 0. The third-order valence-corrected chi connectivity index (χ3v) is 6.70. The minimum atomic E-state index is -0.411. The van der Waals surface area contributed by atoms with E-state index in [0.29, 0.717) is 6.73 Å². The Labute approximate surface area is 185 Å². The number of likely N-dealkylation sites (N-methyl/N-ethyl adjacent to an activating group) is 1. The molecule has 0 aliphatic carbocycles. The Bertz CT molecular complexity index is 853. The van der Waals surface area contributed by atoms with Gasteiger partial charge in [0.1, 0.15) is 12.5 Å². The quantitative estimate of drug-likeness (QED) is 0.621. The Morgan fingerprint density at radius 3 is 2.16 bits per heavy atom. The molecule has 5 heteroatoms. The minimum absolute atomic E-state index is 0.216. The van der Waals surface area contributed by atoms with Gasteiger partial charge in [-0.25, -0.2) is 4.39 Å². The molecule has 2 aromatic rings. The summed E-state index contributed by atoms with van der Waals surface area (Å²) in [5.41, 5.74) is 3.41. The van der Waals surface area contributed by atoms with Gasteiger partial charge in [-0.05, 0) is 48.7 Å². The molecule has 0 amide bonds. The molecule has 0 spiro atoms. The average Bonchev–Trinajstić information content (AvgIpc) is 2.79. The molecule has 1 unspecified atom stereocenters. The first-order valence-electron chi connectivity index (χ1n) is 11.3. The van der Waals surface area contributed by atoms with Crippen LogP contribution in [-0.2, 0) is 23.4 Å². The van der Waals surface area contributed by atoms with Crippen molar-refractivity contribution in [2.24, 2.45) is 0 Å². The molecule has 1 atom stereocenters. The number of nitrogens with zero attached hydrogens (tertiary/aromatic N) is 3. The van der Waals surface area contributed by atoms with Gasteiger partial charge < -0.3 is 9.64 Å². The van der Waals surface area contributed by atoms with Crippen molar-refractivity contribution in [3.8, 4) is 0 Å². The molecule has 2 fully saturated rings. The smallest absolute Gasteiger partial charge is 0.123 e. The standard InChI is InChI=1S/C26H34FN3O/c1-3-12-26(24-8-10-25(27)11-9-24)13-14-30(21-31-26)20-23-7-5-4-6-22(23)19-29-17-15-28(2)16-18-29/h3-11H,1,12-21H2,2H3. The minimum Gasteiger partial charge on any atom is -0.355 e. The first kappa shape index (κ1) is 22.2. The second-order valence-electron chi connectivity index (χ2n) is 8.92. The second kappa shape index (κ2) is 10.0. The summed E-state index contributed by atoms with van der Waals surface area (Å²) in [7, 11) is 2.19. The average molecular weight is 424 g/mol. The van der Waals surface area contributed by atoms with E-state index in [2.05, 4.69) is 52.6 Å². The van der Waals surface area contributed by atoms with E-state index in [1.165, 1.54) is 23.3 Å². The van der Waals surface area contributed by atoms with E-state index in [4.69, 9.17) is 4.74 Å². The summed E-state index contributed by atoms with van der Waals surface area (Å²) < 4.78 is 19.9. The van der Waals surface area contributed by atoms with Gasteiger partial charge >= 0.3 is 0 Å². The zero-order valence-electron chi connectivity index (χ0n) is 18.6. The maximum atomic E-state index is 13.4. The van der Waals surface area contributed by atoms with Crippen molar-refractivity contribution in [1.29, 1.82) is 0 Å². The lowest BCUT2D eigenvalue weighted by Gasteiger charge is -2.42. The topological polar surface area (TPSA) is 19.0 Å². The molecule has 2 aliphatic rings. The van der Waals surface area contributed by atoms with Crippen molar-refractivity contribution < 1.29 is 9.13 Å². The highest BCUT2D eigenvalue weighted by Gasteiger charge is 2.36. The third-order valence-electron chi connectivity index (χ3n) is 6.70. The first-order valence-corrected chi connectivity index (χ1v) is 11.3. The summed E-state index contributed by atoms with van der Waals surface area (Å²) in [5.74, 6) is -0.216. The summed E-state index contributed by atoms with van der Waals surface area (Å²) in [5, 5.41) is 0. The molecule has 4 rings (SSSR count). The fourth-order valence-corrected chi connectivity index (χ4v) is 4.66. The summed E-state index contributed by atoms with van der Waals surface area (Å²) in [6, 6.07) is 15.5. The number of benzene rings is 2. The van der Waals surface area contributed by atoms with E-state index in [-0.39, 0.29) is 5.82 Å². The lowest BCUT2D eigenvalue weighted by atomic mass is 9.86. The Kier molecular flexibility index (Phi) is 7.18. The molecule has 0 saturated carbocycles. The lowest BCUT2D eigenvalue weighted by molar-refractivity contribution is -0.145. The van der Waals surface area contributed by atoms with Gasteiger partial charge in [-0.1, -0.05) is 42.5 Å². The van der Waals surface area contributed by atoms with Crippen LogP contribution in [-0.4, -0.2) is 61.2 Å². The van der Waals surface area contributed by atoms with Crippen molar-refractivity contribution in [2.75, 3.05) is 46.5 Å². The molecule has 4 nitrogen and oxygen atoms in total. The molecular formula is C26H34FN3O. The number of hydrogen-bond donors (Lipinski definition) is 0. The Hall–Kier alpha value is -2.05. The van der Waals surface area contributed by atoms with E-state index < -0.39 is 5.60 Å². The molecule has 0 radical (unpaired) electrons. The van der Waals surface area contributed by atoms with Crippen molar-refractivity contribution in [3.63, 3.8) is 0 Å². The monoisotopic (exact) mass is 423 g/mol. The number of ether oxygens (including phenoxy) is 1. The molecule has 2 heterocycles. The summed E-state index contributed by atoms with van der Waals surface area (Å²) in [6.45, 7) is 11.8. The molecule has 0 N–H and O–H groups in total. The van der Waals surface area contributed by atoms with Crippen LogP contribution in [0.15, 0.2) is 61.2 Å². The predicted molar refractivity (Wildman–Crippen MR) is 123 cm³/mol. The maximum Gasteiger partial charge on any atom is 0.123 e. The van der Waals surface area contributed by atoms with Gasteiger partial charge in [0.2, 0.25) is 0 Å². The van der Waals surface area contributed by atoms with Gasteiger partial charge in [0.05, 0.1) is 5.60 Å². The highest BCUT2D eigenvalue weighted by Crippen LogP contribution is 2.37. The van der Waals surface area contributed by atoms with Crippen LogP contribution >= 0.6 is 0 Å². The largest absolute Gasteiger partial charge is 0.355 e. The molecule has 0 bridgehead atoms. The number of hydrogen-bond acceptors (Lipinski definition) is 4. The lowest BCUT2D eigenvalue weighted by Crippen LogP contribution is -2.45. The number of piperazine rings is 1. The highest BCUT2D eigenvalue weighted by atomic mass is 19.1. The SMILES string of the molecule is C=CCC1(c2ccc(F)cc2)CCN(Cc2ccccc2CN2CCN(C)CC2)CO1. The van der Waals surface area contributed by atoms with Crippen molar-refractivity contribution >= 4 is 0 Å². The zero-order valence-corrected chi connectivity index (χ0v) is 18.6. The molecular weight excluding hydrogens is 389 g/mol. The zero-order chi connectivity index (χ0) is 21.7. The first-order chi connectivity index (χ1) is 15.1. The third kappa shape index (κ3) is 5.42. The molecule has 2 saturated heterocycles. The van der Waals surface area contributed by atoms with E-state index in [9.17, 15) is 4.39 Å². The maximum absolute atomic E-state index is 13.4. The Morgan fingerprint density at radius 2 is 1.58 bits per heavy atom. The van der Waals surface area contributed by atoms with Crippen molar-refractivity contribution in [2.45, 2.75) is 31.5 Å². The number of rotatable bonds is 7. The van der Waals surface area contributed by atoms with Crippen LogP contribution in [0.2, 0.25) is 0 Å². The second-order valence-corrected chi connectivity index (χ2v) is 8.92. The van der Waals surface area contributed by atoms with Gasteiger partial charge in [-0.3, -0.25) is 9.80 Å². The Morgan fingerprint density at radius 1 is 0.935 bits per heavy atom. The highest BCUT2D eigenvalue weighted by molar-refractivity contribution is 5.28. The van der Waals surface area contributed by atoms with E-state index >= 15 is 0 Å². The molecule has 2 aromatic carbocycles. The van der Waals surface area contributed by atoms with Crippen LogP contribution in [0.1, 0.15) is 29.5 Å². The molecule has 2 aliphatic heterocycles. The summed E-state index contributed by atoms with van der Waals surface area (Å²) in [4.78, 5) is 7.31. The van der Waals surface area contributed by atoms with Crippen LogP contribution in [0.5, 0.6) is 0 Å². The van der Waals surface area contributed by atoms with Gasteiger partial charge in [0.15, 0.2) is 0 Å². The van der Waals surface area contributed by atoms with Crippen LogP contribution in [0, 0.1) is 5.82 Å². The molecule has 31 heavy (non-hydrogen) atoms. The summed E-state index contributed by atoms with van der Waals surface area (Å²) in [6.07, 6.45) is 3.50. The van der Waals surface area contributed by atoms with Crippen LogP contribution in [0.25, 0.3) is 0 Å². The van der Waals surface area contributed by atoms with Crippen LogP contribution < -0.4 is 0 Å².